The Bertz CT molecular complexity index is 509. The van der Waals surface area contributed by atoms with E-state index < -0.39 is 0 Å². The summed E-state index contributed by atoms with van der Waals surface area (Å²) < 4.78 is 0.854. The molecule has 0 aliphatic carbocycles. The van der Waals surface area contributed by atoms with Gasteiger partial charge in [0.15, 0.2) is 5.13 Å². The van der Waals surface area contributed by atoms with Gasteiger partial charge in [0.2, 0.25) is 0 Å². The van der Waals surface area contributed by atoms with Crippen molar-refractivity contribution in [3.8, 4) is 0 Å². The predicted molar refractivity (Wildman–Crippen MR) is 85.4 cm³/mol. The maximum Gasteiger partial charge on any atom is 0.182 e. The lowest BCUT2D eigenvalue weighted by molar-refractivity contribution is 0.325. The third-order valence-corrected chi connectivity index (χ3v) is 4.72. The summed E-state index contributed by atoms with van der Waals surface area (Å²) in [4.78, 5) is 9.23. The van der Waals surface area contributed by atoms with Crippen LogP contribution in [0.15, 0.2) is 18.3 Å². The minimum atomic E-state index is 0.854. The van der Waals surface area contributed by atoms with Crippen LogP contribution in [0.1, 0.15) is 23.1 Å². The van der Waals surface area contributed by atoms with Crippen molar-refractivity contribution >= 4 is 39.4 Å². The summed E-state index contributed by atoms with van der Waals surface area (Å²) in [6.07, 6.45) is 3.08. The lowest BCUT2D eigenvalue weighted by Gasteiger charge is -2.13. The van der Waals surface area contributed by atoms with E-state index in [9.17, 15) is 0 Å². The first kappa shape index (κ1) is 14.8. The molecule has 0 saturated carbocycles. The van der Waals surface area contributed by atoms with E-state index in [-0.39, 0.29) is 0 Å². The summed E-state index contributed by atoms with van der Waals surface area (Å²) in [6, 6.07) is 4.04. The molecule has 0 aliphatic heterocycles. The van der Waals surface area contributed by atoms with Gasteiger partial charge in [-0.25, -0.2) is 4.98 Å². The zero-order valence-electron chi connectivity index (χ0n) is 11.1. The molecule has 19 heavy (non-hydrogen) atoms. The highest BCUT2D eigenvalue weighted by Crippen LogP contribution is 2.24. The van der Waals surface area contributed by atoms with E-state index in [0.29, 0.717) is 0 Å². The second kappa shape index (κ2) is 7.24. The number of hydrogen-bond acceptors (Lipinski definition) is 5. The van der Waals surface area contributed by atoms with Crippen LogP contribution >= 0.6 is 34.3 Å². The van der Waals surface area contributed by atoms with E-state index in [4.69, 9.17) is 11.6 Å². The van der Waals surface area contributed by atoms with Gasteiger partial charge in [0.1, 0.15) is 0 Å². The molecule has 0 atom stereocenters. The van der Waals surface area contributed by atoms with Gasteiger partial charge < -0.3 is 5.32 Å². The summed E-state index contributed by atoms with van der Waals surface area (Å²) >= 11 is 9.31. The molecule has 2 aromatic heterocycles. The Hall–Kier alpha value is -0.620. The molecule has 3 nitrogen and oxygen atoms in total. The molecular formula is C13H18ClN3S2. The van der Waals surface area contributed by atoms with Crippen molar-refractivity contribution < 1.29 is 0 Å². The Labute approximate surface area is 127 Å². The second-order valence-electron chi connectivity index (χ2n) is 4.44. The SMILES string of the molecule is CCCNc1ncc(CN(C)Cc2ccc(Cl)s2)s1. The lowest BCUT2D eigenvalue weighted by atomic mass is 10.4. The van der Waals surface area contributed by atoms with Crippen LogP contribution in [-0.2, 0) is 13.1 Å². The smallest absolute Gasteiger partial charge is 0.182 e. The van der Waals surface area contributed by atoms with Crippen LogP contribution in [0.4, 0.5) is 5.13 Å². The Morgan fingerprint density at radius 3 is 2.74 bits per heavy atom. The van der Waals surface area contributed by atoms with Crippen LogP contribution in [0.2, 0.25) is 4.34 Å². The third-order valence-electron chi connectivity index (χ3n) is 2.56. The molecule has 2 heterocycles. The number of nitrogens with one attached hydrogen (secondary N) is 1. The van der Waals surface area contributed by atoms with E-state index in [1.807, 2.05) is 12.3 Å². The van der Waals surface area contributed by atoms with Gasteiger partial charge in [-0.3, -0.25) is 4.90 Å². The van der Waals surface area contributed by atoms with E-state index in [2.05, 4.69) is 35.2 Å². The molecular weight excluding hydrogens is 298 g/mol. The number of hydrogen-bond donors (Lipinski definition) is 1. The van der Waals surface area contributed by atoms with Crippen LogP contribution in [0.3, 0.4) is 0 Å². The van der Waals surface area contributed by atoms with Crippen molar-refractivity contribution in [1.82, 2.24) is 9.88 Å². The highest BCUT2D eigenvalue weighted by atomic mass is 35.5. The van der Waals surface area contributed by atoms with E-state index >= 15 is 0 Å². The zero-order valence-corrected chi connectivity index (χ0v) is 13.5. The number of halogens is 1. The molecule has 2 aromatic rings. The third kappa shape index (κ3) is 4.76. The topological polar surface area (TPSA) is 28.2 Å². The summed E-state index contributed by atoms with van der Waals surface area (Å²) in [5.74, 6) is 0. The number of nitrogens with zero attached hydrogens (tertiary/aromatic N) is 2. The molecule has 0 spiro atoms. The van der Waals surface area contributed by atoms with Crippen molar-refractivity contribution in [3.63, 3.8) is 0 Å². The molecule has 0 unspecified atom stereocenters. The quantitative estimate of drug-likeness (QED) is 0.825. The number of anilines is 1. The normalized spacial score (nSPS) is 11.2. The van der Waals surface area contributed by atoms with Crippen LogP contribution < -0.4 is 5.32 Å². The molecule has 0 aliphatic rings. The lowest BCUT2D eigenvalue weighted by Crippen LogP contribution is -2.15. The van der Waals surface area contributed by atoms with E-state index in [1.165, 1.54) is 9.75 Å². The molecule has 0 amide bonds. The van der Waals surface area contributed by atoms with Gasteiger partial charge in [-0.1, -0.05) is 18.5 Å². The maximum absolute atomic E-state index is 5.94. The van der Waals surface area contributed by atoms with Crippen LogP contribution in [0, 0.1) is 0 Å². The fraction of sp³-hybridized carbons (Fsp3) is 0.462. The first-order valence-electron chi connectivity index (χ1n) is 6.28. The first-order chi connectivity index (χ1) is 9.17. The fourth-order valence-electron chi connectivity index (χ4n) is 1.72. The fourth-order valence-corrected chi connectivity index (χ4v) is 3.81. The van der Waals surface area contributed by atoms with Crippen molar-refractivity contribution in [1.29, 1.82) is 0 Å². The van der Waals surface area contributed by atoms with Gasteiger partial charge >= 0.3 is 0 Å². The van der Waals surface area contributed by atoms with Crippen LogP contribution in [0.5, 0.6) is 0 Å². The monoisotopic (exact) mass is 315 g/mol. The van der Waals surface area contributed by atoms with Gasteiger partial charge in [0.05, 0.1) is 4.34 Å². The van der Waals surface area contributed by atoms with E-state index in [1.54, 1.807) is 22.7 Å². The Kier molecular flexibility index (Phi) is 5.63. The number of thiazole rings is 1. The molecule has 104 valence electrons. The number of rotatable bonds is 7. The minimum Gasteiger partial charge on any atom is -0.362 e. The first-order valence-corrected chi connectivity index (χ1v) is 8.30. The van der Waals surface area contributed by atoms with Crippen LogP contribution in [-0.4, -0.2) is 23.5 Å². The summed E-state index contributed by atoms with van der Waals surface area (Å²) in [5, 5.41) is 4.33. The maximum atomic E-state index is 5.94. The molecule has 0 saturated heterocycles. The highest BCUT2D eigenvalue weighted by Gasteiger charge is 2.07. The molecule has 6 heteroatoms. The predicted octanol–water partition coefficient (Wildman–Crippen LogP) is 4.31. The molecule has 2 rings (SSSR count). The standard InChI is InChI=1S/C13H18ClN3S2/c1-3-6-15-13-16-7-11(19-13)9-17(2)8-10-4-5-12(14)18-10/h4-5,7H,3,6,8-9H2,1-2H3,(H,15,16). The average Bonchev–Trinajstić information content (AvgIpc) is 2.96. The molecule has 0 radical (unpaired) electrons. The second-order valence-corrected chi connectivity index (χ2v) is 7.35. The zero-order chi connectivity index (χ0) is 13.7. The van der Waals surface area contributed by atoms with Gasteiger partial charge in [-0.15, -0.1) is 22.7 Å². The number of aromatic nitrogens is 1. The minimum absolute atomic E-state index is 0.854. The molecule has 0 fully saturated rings. The van der Waals surface area contributed by atoms with Crippen molar-refractivity contribution in [2.45, 2.75) is 26.4 Å². The van der Waals surface area contributed by atoms with Gasteiger partial charge in [-0.05, 0) is 25.6 Å². The Morgan fingerprint density at radius 1 is 1.26 bits per heavy atom. The average molecular weight is 316 g/mol. The molecule has 1 N–H and O–H groups in total. The van der Waals surface area contributed by atoms with Gasteiger partial charge in [0.25, 0.3) is 0 Å². The van der Waals surface area contributed by atoms with Gasteiger partial charge in [-0.2, -0.15) is 0 Å². The number of thiophene rings is 1. The van der Waals surface area contributed by atoms with Gasteiger partial charge in [0, 0.05) is 35.6 Å². The molecule has 0 aromatic carbocycles. The van der Waals surface area contributed by atoms with Crippen molar-refractivity contribution in [2.75, 3.05) is 18.9 Å². The van der Waals surface area contributed by atoms with Crippen LogP contribution in [0.25, 0.3) is 0 Å². The summed E-state index contributed by atoms with van der Waals surface area (Å²) in [6.45, 7) is 4.98. The van der Waals surface area contributed by atoms with Crippen molar-refractivity contribution in [2.24, 2.45) is 0 Å². The Morgan fingerprint density at radius 2 is 2.05 bits per heavy atom. The van der Waals surface area contributed by atoms with E-state index in [0.717, 1.165) is 35.5 Å². The summed E-state index contributed by atoms with van der Waals surface area (Å²) in [5.41, 5.74) is 0. The highest BCUT2D eigenvalue weighted by molar-refractivity contribution is 7.16. The largest absolute Gasteiger partial charge is 0.362 e. The van der Waals surface area contributed by atoms with Crippen molar-refractivity contribution in [3.05, 3.63) is 32.4 Å². The summed E-state index contributed by atoms with van der Waals surface area (Å²) in [7, 11) is 2.12. The molecule has 0 bridgehead atoms. The Balaban J connectivity index is 1.84.